The Bertz CT molecular complexity index is 619. The molecule has 144 valence electrons. The zero-order chi connectivity index (χ0) is 20.1. The van der Waals surface area contributed by atoms with Crippen molar-refractivity contribution in [1.82, 2.24) is 0 Å². The van der Waals surface area contributed by atoms with Crippen LogP contribution in [0.5, 0.6) is 0 Å². The molecule has 1 aromatic carbocycles. The van der Waals surface area contributed by atoms with Gasteiger partial charge in [-0.1, -0.05) is 69.6 Å². The molecule has 0 aliphatic carbocycles. The lowest BCUT2D eigenvalue weighted by molar-refractivity contribution is -0.148. The largest absolute Gasteiger partial charge is 0.463 e. The predicted molar refractivity (Wildman–Crippen MR) is 112 cm³/mol. The third-order valence-electron chi connectivity index (χ3n) is 4.56. The number of ether oxygens (including phenoxy) is 2. The van der Waals surface area contributed by atoms with Crippen LogP contribution in [-0.2, 0) is 19.1 Å². The molecule has 1 rings (SSSR count). The lowest BCUT2D eigenvalue weighted by Crippen LogP contribution is -2.42. The molecule has 1 aromatic rings. The smallest absolute Gasteiger partial charge is 0.345 e. The first-order chi connectivity index (χ1) is 11.8. The second-order valence-corrected chi connectivity index (χ2v) is 19.9. The molecule has 0 aliphatic rings. The molecule has 4 nitrogen and oxygen atoms in total. The zero-order valence-corrected chi connectivity index (χ0v) is 19.3. The first-order valence-electron chi connectivity index (χ1n) is 9.01. The Kier molecular flexibility index (Phi) is 7.59. The van der Waals surface area contributed by atoms with Crippen molar-refractivity contribution < 1.29 is 19.1 Å². The van der Waals surface area contributed by atoms with Crippen molar-refractivity contribution in [3.63, 3.8) is 0 Å². The van der Waals surface area contributed by atoms with E-state index in [2.05, 4.69) is 39.3 Å². The summed E-state index contributed by atoms with van der Waals surface area (Å²) < 4.78 is 11.2. The van der Waals surface area contributed by atoms with Gasteiger partial charge in [0.05, 0.1) is 27.6 Å². The van der Waals surface area contributed by atoms with E-state index < -0.39 is 28.1 Å². The molecule has 0 saturated carbocycles. The van der Waals surface area contributed by atoms with Gasteiger partial charge < -0.3 is 9.47 Å². The van der Waals surface area contributed by atoms with Gasteiger partial charge in [-0.15, -0.1) is 0 Å². The SMILES string of the molecule is CC(OC(=O)C(=Cc1ccccc1)C(=O)OC(C)[Si](C)(C)C)[Si](C)(C)C. The molecule has 0 bridgehead atoms. The minimum atomic E-state index is -1.67. The van der Waals surface area contributed by atoms with Crippen LogP contribution in [0.3, 0.4) is 0 Å². The lowest BCUT2D eigenvalue weighted by Gasteiger charge is -2.27. The maximum absolute atomic E-state index is 12.7. The summed E-state index contributed by atoms with van der Waals surface area (Å²) in [5, 5.41) is 0. The highest BCUT2D eigenvalue weighted by atomic mass is 28.3. The maximum atomic E-state index is 12.7. The van der Waals surface area contributed by atoms with Crippen LogP contribution in [0, 0.1) is 0 Å². The monoisotopic (exact) mass is 392 g/mol. The van der Waals surface area contributed by atoms with Gasteiger partial charge in [-0.3, -0.25) is 0 Å². The molecule has 0 aromatic heterocycles. The quantitative estimate of drug-likeness (QED) is 0.222. The molecule has 0 amide bonds. The number of carbonyl (C=O) groups is 2. The Morgan fingerprint density at radius 1 is 0.808 bits per heavy atom. The van der Waals surface area contributed by atoms with Gasteiger partial charge in [-0.2, -0.15) is 0 Å². The maximum Gasteiger partial charge on any atom is 0.345 e. The number of carbonyl (C=O) groups excluding carboxylic acids is 2. The fourth-order valence-corrected chi connectivity index (χ4v) is 2.64. The number of rotatable bonds is 7. The van der Waals surface area contributed by atoms with Crippen LogP contribution in [0.15, 0.2) is 35.9 Å². The Hall–Kier alpha value is -1.67. The predicted octanol–water partition coefficient (Wildman–Crippen LogP) is 4.69. The van der Waals surface area contributed by atoms with E-state index in [1.54, 1.807) is 6.08 Å². The summed E-state index contributed by atoms with van der Waals surface area (Å²) >= 11 is 0. The van der Waals surface area contributed by atoms with Crippen molar-refractivity contribution in [3.8, 4) is 0 Å². The molecule has 0 fully saturated rings. The van der Waals surface area contributed by atoms with E-state index in [4.69, 9.17) is 9.47 Å². The van der Waals surface area contributed by atoms with Gasteiger partial charge in [-0.05, 0) is 25.5 Å². The van der Waals surface area contributed by atoms with Crippen LogP contribution in [0.2, 0.25) is 39.3 Å². The Morgan fingerprint density at radius 3 is 1.54 bits per heavy atom. The molecule has 2 atom stereocenters. The lowest BCUT2D eigenvalue weighted by atomic mass is 10.1. The highest BCUT2D eigenvalue weighted by Gasteiger charge is 2.32. The van der Waals surface area contributed by atoms with Crippen LogP contribution in [0.25, 0.3) is 6.08 Å². The van der Waals surface area contributed by atoms with E-state index >= 15 is 0 Å². The summed E-state index contributed by atoms with van der Waals surface area (Å²) in [6.45, 7) is 16.5. The van der Waals surface area contributed by atoms with Gasteiger partial charge in [0.15, 0.2) is 0 Å². The summed E-state index contributed by atoms with van der Waals surface area (Å²) in [6.07, 6.45) is 1.55. The van der Waals surface area contributed by atoms with Crippen molar-refractivity contribution in [2.75, 3.05) is 0 Å². The first kappa shape index (κ1) is 22.4. The highest BCUT2D eigenvalue weighted by molar-refractivity contribution is 6.77. The van der Waals surface area contributed by atoms with Crippen LogP contribution in [-0.4, -0.2) is 39.5 Å². The molecule has 0 radical (unpaired) electrons. The van der Waals surface area contributed by atoms with E-state index in [9.17, 15) is 9.59 Å². The zero-order valence-electron chi connectivity index (χ0n) is 17.3. The van der Waals surface area contributed by atoms with E-state index in [0.29, 0.717) is 0 Å². The van der Waals surface area contributed by atoms with E-state index in [1.165, 1.54) is 0 Å². The van der Waals surface area contributed by atoms with Gasteiger partial charge in [0.25, 0.3) is 0 Å². The molecule has 0 heterocycles. The molecule has 0 N–H and O–H groups in total. The van der Waals surface area contributed by atoms with Crippen LogP contribution < -0.4 is 0 Å². The molecular formula is C20H32O4Si2. The van der Waals surface area contributed by atoms with E-state index in [1.807, 2.05) is 44.2 Å². The Morgan fingerprint density at radius 2 is 1.19 bits per heavy atom. The second kappa shape index (κ2) is 8.82. The Balaban J connectivity index is 3.13. The van der Waals surface area contributed by atoms with E-state index in [0.717, 1.165) is 5.56 Å². The molecule has 0 saturated heterocycles. The molecular weight excluding hydrogens is 360 g/mol. The third kappa shape index (κ3) is 6.92. The van der Waals surface area contributed by atoms with Gasteiger partial charge in [0.2, 0.25) is 0 Å². The molecule has 0 aliphatic heterocycles. The summed E-state index contributed by atoms with van der Waals surface area (Å²) in [6, 6.07) is 9.27. The summed E-state index contributed by atoms with van der Waals surface area (Å²) in [5.74, 6) is -1.23. The number of hydrogen-bond donors (Lipinski definition) is 0. The van der Waals surface area contributed by atoms with Gasteiger partial charge in [-0.25, -0.2) is 9.59 Å². The average Bonchev–Trinajstić information content (AvgIpc) is 2.51. The molecule has 6 heteroatoms. The fourth-order valence-electron chi connectivity index (χ4n) is 1.72. The van der Waals surface area contributed by atoms with Crippen LogP contribution >= 0.6 is 0 Å². The first-order valence-corrected chi connectivity index (χ1v) is 16.2. The molecule has 2 unspecified atom stereocenters. The summed E-state index contributed by atoms with van der Waals surface area (Å²) in [5.41, 5.74) is 0.317. The van der Waals surface area contributed by atoms with Gasteiger partial charge in [0.1, 0.15) is 5.57 Å². The average molecular weight is 393 g/mol. The number of benzene rings is 1. The molecule has 26 heavy (non-hydrogen) atoms. The number of hydrogen-bond acceptors (Lipinski definition) is 4. The topological polar surface area (TPSA) is 52.6 Å². The Labute approximate surface area is 159 Å². The van der Waals surface area contributed by atoms with E-state index in [-0.39, 0.29) is 17.0 Å². The normalized spacial score (nSPS) is 14.2. The van der Waals surface area contributed by atoms with Gasteiger partial charge in [0, 0.05) is 0 Å². The fraction of sp³-hybridized carbons (Fsp3) is 0.500. The van der Waals surface area contributed by atoms with Crippen molar-refractivity contribution in [2.45, 2.75) is 64.6 Å². The van der Waals surface area contributed by atoms with Gasteiger partial charge >= 0.3 is 11.9 Å². The van der Waals surface area contributed by atoms with Crippen molar-refractivity contribution in [1.29, 1.82) is 0 Å². The standard InChI is InChI=1S/C20H32O4Si2/c1-15(25(3,4)5)23-19(21)18(14-17-12-10-9-11-13-17)20(22)24-16(2)26(6,7)8/h9-16H,1-8H3. The van der Waals surface area contributed by atoms with Crippen molar-refractivity contribution in [3.05, 3.63) is 41.5 Å². The summed E-state index contributed by atoms with van der Waals surface area (Å²) in [7, 11) is -3.35. The highest BCUT2D eigenvalue weighted by Crippen LogP contribution is 2.18. The summed E-state index contributed by atoms with van der Waals surface area (Å²) in [4.78, 5) is 25.4. The second-order valence-electron chi connectivity index (χ2n) is 8.80. The van der Waals surface area contributed by atoms with Crippen molar-refractivity contribution >= 4 is 34.2 Å². The van der Waals surface area contributed by atoms with Crippen LogP contribution in [0.4, 0.5) is 0 Å². The third-order valence-corrected chi connectivity index (χ3v) is 9.67. The minimum absolute atomic E-state index is 0.0496. The molecule has 0 spiro atoms. The number of esters is 2. The van der Waals surface area contributed by atoms with Crippen LogP contribution in [0.1, 0.15) is 19.4 Å². The van der Waals surface area contributed by atoms with Crippen molar-refractivity contribution in [2.24, 2.45) is 0 Å². The minimum Gasteiger partial charge on any atom is -0.463 e.